The van der Waals surface area contributed by atoms with Crippen molar-refractivity contribution in [2.24, 2.45) is 0 Å². The van der Waals surface area contributed by atoms with Gasteiger partial charge >= 0.3 is 0 Å². The van der Waals surface area contributed by atoms with Gasteiger partial charge in [-0.2, -0.15) is 0 Å². The zero-order chi connectivity index (χ0) is 20.4. The van der Waals surface area contributed by atoms with Gasteiger partial charge in [0.05, 0.1) is 12.2 Å². The lowest BCUT2D eigenvalue weighted by Crippen LogP contribution is -2.44. The summed E-state index contributed by atoms with van der Waals surface area (Å²) in [6.45, 7) is 2.79. The third-order valence-corrected chi connectivity index (χ3v) is 5.86. The number of nitrogens with one attached hydrogen (secondary N) is 1. The summed E-state index contributed by atoms with van der Waals surface area (Å²) in [4.78, 5) is 30.4. The minimum atomic E-state index is -0.484. The van der Waals surface area contributed by atoms with Crippen molar-refractivity contribution in [3.8, 4) is 16.9 Å². The number of pyridine rings is 1. The van der Waals surface area contributed by atoms with Crippen LogP contribution in [0, 0.1) is 0 Å². The van der Waals surface area contributed by atoms with Crippen molar-refractivity contribution in [2.75, 3.05) is 18.5 Å². The second kappa shape index (κ2) is 8.33. The maximum atomic E-state index is 12.5. The van der Waals surface area contributed by atoms with Crippen LogP contribution in [-0.2, 0) is 16.0 Å². The van der Waals surface area contributed by atoms with Crippen LogP contribution in [0.15, 0.2) is 36.7 Å². The normalized spacial score (nSPS) is 19.7. The standard InChI is InChI=1S/C23H27N3O3/c1-3-21(27)23(19-5-4-10-25-19)29-18-12-17(13-24-14-18)15-6-8-20-16(11-15)7-9-22(28)26(20)2/h6,8,11-14,19,23,25H,3-5,7,9-10H2,1-2H3/t19?,23-/m1/s1. The molecule has 1 aromatic carbocycles. The van der Waals surface area contributed by atoms with Gasteiger partial charge in [0.15, 0.2) is 11.9 Å². The quantitative estimate of drug-likeness (QED) is 0.816. The molecule has 6 nitrogen and oxygen atoms in total. The number of anilines is 1. The highest BCUT2D eigenvalue weighted by Crippen LogP contribution is 2.32. The molecule has 2 atom stereocenters. The summed E-state index contributed by atoms with van der Waals surface area (Å²) in [7, 11) is 1.82. The molecule has 1 fully saturated rings. The molecular weight excluding hydrogens is 366 g/mol. The molecule has 1 amide bonds. The van der Waals surface area contributed by atoms with Crippen LogP contribution in [0.25, 0.3) is 11.1 Å². The second-order valence-electron chi connectivity index (χ2n) is 7.77. The molecule has 152 valence electrons. The van der Waals surface area contributed by atoms with Crippen LogP contribution in [0.3, 0.4) is 0 Å². The van der Waals surface area contributed by atoms with E-state index in [4.69, 9.17) is 4.74 Å². The lowest BCUT2D eigenvalue weighted by atomic mass is 9.96. The third-order valence-electron chi connectivity index (χ3n) is 5.86. The monoisotopic (exact) mass is 393 g/mol. The molecule has 4 rings (SSSR count). The molecule has 1 aromatic heterocycles. The first kappa shape index (κ1) is 19.6. The van der Waals surface area contributed by atoms with E-state index < -0.39 is 6.10 Å². The number of Topliss-reactive ketones (excluding diaryl/α,β-unsaturated/α-hetero) is 1. The van der Waals surface area contributed by atoms with E-state index in [1.54, 1.807) is 17.3 Å². The topological polar surface area (TPSA) is 71.5 Å². The Kier molecular flexibility index (Phi) is 5.62. The molecule has 29 heavy (non-hydrogen) atoms. The predicted molar refractivity (Wildman–Crippen MR) is 112 cm³/mol. The molecule has 0 aliphatic carbocycles. The van der Waals surface area contributed by atoms with Gasteiger partial charge in [0.2, 0.25) is 5.91 Å². The van der Waals surface area contributed by atoms with Gasteiger partial charge in [0.25, 0.3) is 0 Å². The predicted octanol–water partition coefficient (Wildman–Crippen LogP) is 3.14. The van der Waals surface area contributed by atoms with Crippen molar-refractivity contribution in [1.82, 2.24) is 10.3 Å². The maximum Gasteiger partial charge on any atom is 0.227 e. The van der Waals surface area contributed by atoms with E-state index in [9.17, 15) is 9.59 Å². The van der Waals surface area contributed by atoms with E-state index in [-0.39, 0.29) is 17.7 Å². The highest BCUT2D eigenvalue weighted by molar-refractivity contribution is 5.96. The number of ether oxygens (including phenoxy) is 1. The van der Waals surface area contributed by atoms with Gasteiger partial charge in [-0.25, -0.2) is 0 Å². The van der Waals surface area contributed by atoms with Crippen molar-refractivity contribution in [2.45, 2.75) is 51.2 Å². The van der Waals surface area contributed by atoms with Crippen molar-refractivity contribution in [1.29, 1.82) is 0 Å². The Bertz CT molecular complexity index is 921. The molecule has 1 saturated heterocycles. The summed E-state index contributed by atoms with van der Waals surface area (Å²) in [5.41, 5.74) is 4.09. The first-order valence-corrected chi connectivity index (χ1v) is 10.3. The Morgan fingerprint density at radius 1 is 1.28 bits per heavy atom. The molecule has 2 aromatic rings. The highest BCUT2D eigenvalue weighted by Gasteiger charge is 2.31. The average molecular weight is 393 g/mol. The molecule has 2 aliphatic heterocycles. The number of carbonyl (C=O) groups is 2. The zero-order valence-electron chi connectivity index (χ0n) is 17.0. The summed E-state index contributed by atoms with van der Waals surface area (Å²) in [6, 6.07) is 8.11. The summed E-state index contributed by atoms with van der Waals surface area (Å²) in [5, 5.41) is 3.38. The molecule has 0 spiro atoms. The number of amides is 1. The number of carbonyl (C=O) groups excluding carboxylic acids is 2. The van der Waals surface area contributed by atoms with Gasteiger partial charge in [-0.05, 0) is 55.1 Å². The fourth-order valence-electron chi connectivity index (χ4n) is 4.17. The third kappa shape index (κ3) is 4.03. The largest absolute Gasteiger partial charge is 0.479 e. The summed E-state index contributed by atoms with van der Waals surface area (Å²) >= 11 is 0. The van der Waals surface area contributed by atoms with Crippen LogP contribution in [0.2, 0.25) is 0 Å². The maximum absolute atomic E-state index is 12.5. The van der Waals surface area contributed by atoms with Crippen molar-refractivity contribution >= 4 is 17.4 Å². The molecule has 3 heterocycles. The zero-order valence-corrected chi connectivity index (χ0v) is 17.0. The Labute approximate surface area is 171 Å². The van der Waals surface area contributed by atoms with Crippen LogP contribution in [0.4, 0.5) is 5.69 Å². The first-order chi connectivity index (χ1) is 14.1. The fraction of sp³-hybridized carbons (Fsp3) is 0.435. The Morgan fingerprint density at radius 3 is 2.90 bits per heavy atom. The molecule has 0 bridgehead atoms. The summed E-state index contributed by atoms with van der Waals surface area (Å²) < 4.78 is 6.13. The number of hydrogen-bond acceptors (Lipinski definition) is 5. The van der Waals surface area contributed by atoms with E-state index in [2.05, 4.69) is 16.4 Å². The van der Waals surface area contributed by atoms with Crippen molar-refractivity contribution < 1.29 is 14.3 Å². The lowest BCUT2D eigenvalue weighted by Gasteiger charge is -2.26. The number of ketones is 1. The number of aryl methyl sites for hydroxylation is 1. The van der Waals surface area contributed by atoms with Crippen LogP contribution in [0.5, 0.6) is 5.75 Å². The van der Waals surface area contributed by atoms with E-state index in [0.717, 1.165) is 48.2 Å². The average Bonchev–Trinajstić information content (AvgIpc) is 3.28. The molecule has 6 heteroatoms. The number of nitrogens with zero attached hydrogens (tertiary/aromatic N) is 2. The van der Waals surface area contributed by atoms with Gasteiger partial charge < -0.3 is 15.0 Å². The Balaban J connectivity index is 1.59. The van der Waals surface area contributed by atoms with E-state index in [1.165, 1.54) is 0 Å². The van der Waals surface area contributed by atoms with E-state index in [0.29, 0.717) is 18.6 Å². The van der Waals surface area contributed by atoms with Crippen LogP contribution in [-0.4, -0.2) is 42.4 Å². The first-order valence-electron chi connectivity index (χ1n) is 10.3. The number of fused-ring (bicyclic) bond motifs is 1. The molecule has 0 radical (unpaired) electrons. The number of aromatic nitrogens is 1. The van der Waals surface area contributed by atoms with Gasteiger partial charge in [0, 0.05) is 37.3 Å². The van der Waals surface area contributed by atoms with E-state index >= 15 is 0 Å². The molecule has 1 unspecified atom stereocenters. The number of hydrogen-bond donors (Lipinski definition) is 1. The van der Waals surface area contributed by atoms with E-state index in [1.807, 2.05) is 32.2 Å². The van der Waals surface area contributed by atoms with Gasteiger partial charge in [-0.1, -0.05) is 13.0 Å². The van der Waals surface area contributed by atoms with Gasteiger partial charge in [0.1, 0.15) is 5.75 Å². The number of benzene rings is 1. The SMILES string of the molecule is CCC(=O)[C@H](Oc1cncc(-c2ccc3c(c2)CCC(=O)N3C)c1)C1CCCN1. The molecule has 2 aliphatic rings. The summed E-state index contributed by atoms with van der Waals surface area (Å²) in [5.74, 6) is 0.860. The number of rotatable bonds is 6. The fourth-order valence-corrected chi connectivity index (χ4v) is 4.17. The second-order valence-corrected chi connectivity index (χ2v) is 7.77. The molecule has 1 N–H and O–H groups in total. The molecule has 0 saturated carbocycles. The van der Waals surface area contributed by atoms with Crippen LogP contribution < -0.4 is 15.0 Å². The van der Waals surface area contributed by atoms with Crippen LogP contribution >= 0.6 is 0 Å². The highest BCUT2D eigenvalue weighted by atomic mass is 16.5. The van der Waals surface area contributed by atoms with Gasteiger partial charge in [-0.3, -0.25) is 14.6 Å². The van der Waals surface area contributed by atoms with Gasteiger partial charge in [-0.15, -0.1) is 0 Å². The minimum absolute atomic E-state index is 0.0583. The van der Waals surface area contributed by atoms with Crippen molar-refractivity contribution in [3.63, 3.8) is 0 Å². The Morgan fingerprint density at radius 2 is 2.14 bits per heavy atom. The lowest BCUT2D eigenvalue weighted by molar-refractivity contribution is -0.126. The molecular formula is C23H27N3O3. The Hall–Kier alpha value is -2.73. The smallest absolute Gasteiger partial charge is 0.227 e. The minimum Gasteiger partial charge on any atom is -0.479 e. The summed E-state index contributed by atoms with van der Waals surface area (Å²) in [6.07, 6.45) is 6.72. The van der Waals surface area contributed by atoms with Crippen molar-refractivity contribution in [3.05, 3.63) is 42.2 Å². The van der Waals surface area contributed by atoms with Crippen LogP contribution in [0.1, 0.15) is 38.2 Å².